The molecule has 0 spiro atoms. The zero-order valence-electron chi connectivity index (χ0n) is 12.4. The van der Waals surface area contributed by atoms with Crippen LogP contribution in [0.5, 0.6) is 0 Å². The van der Waals surface area contributed by atoms with Crippen molar-refractivity contribution < 1.29 is 9.21 Å². The summed E-state index contributed by atoms with van der Waals surface area (Å²) in [5.41, 5.74) is 1.05. The highest BCUT2D eigenvalue weighted by Crippen LogP contribution is 2.18. The Balaban J connectivity index is 1.48. The molecule has 3 heterocycles. The fourth-order valence-electron chi connectivity index (χ4n) is 2.52. The minimum Gasteiger partial charge on any atom is -0.467 e. The Morgan fingerprint density at radius 2 is 2.05 bits per heavy atom. The molecule has 0 unspecified atom stereocenters. The highest BCUT2D eigenvalue weighted by Gasteiger charge is 2.13. The number of amides is 2. The average Bonchev–Trinajstić information content (AvgIpc) is 3.24. The molecule has 1 fully saturated rings. The van der Waals surface area contributed by atoms with Crippen molar-refractivity contribution in [3.05, 3.63) is 48.0 Å². The standard InChI is InChI=1S/C16H20N4O2/c21-16(19-12-14-4-3-9-22-14)18-11-13-5-6-17-15(10-13)20-7-1-2-8-20/h3-6,9-10H,1-2,7-8,11-12H2,(H2,18,19,21). The summed E-state index contributed by atoms with van der Waals surface area (Å²) >= 11 is 0. The van der Waals surface area contributed by atoms with Gasteiger partial charge in [0.25, 0.3) is 0 Å². The van der Waals surface area contributed by atoms with Crippen molar-refractivity contribution in [2.75, 3.05) is 18.0 Å². The minimum atomic E-state index is -0.212. The number of aromatic nitrogens is 1. The Bertz CT molecular complexity index is 606. The Kier molecular flexibility index (Phi) is 4.58. The molecule has 0 aromatic carbocycles. The third kappa shape index (κ3) is 3.78. The maximum absolute atomic E-state index is 11.8. The molecule has 22 heavy (non-hydrogen) atoms. The molecule has 2 amide bonds. The van der Waals surface area contributed by atoms with Gasteiger partial charge in [-0.15, -0.1) is 0 Å². The molecule has 6 heteroatoms. The molecule has 0 saturated carbocycles. The summed E-state index contributed by atoms with van der Waals surface area (Å²) < 4.78 is 5.16. The van der Waals surface area contributed by atoms with Gasteiger partial charge >= 0.3 is 6.03 Å². The minimum absolute atomic E-state index is 0.212. The van der Waals surface area contributed by atoms with Crippen LogP contribution < -0.4 is 15.5 Å². The summed E-state index contributed by atoms with van der Waals surface area (Å²) in [5, 5.41) is 5.60. The largest absolute Gasteiger partial charge is 0.467 e. The van der Waals surface area contributed by atoms with Gasteiger partial charge in [-0.2, -0.15) is 0 Å². The summed E-state index contributed by atoms with van der Waals surface area (Å²) in [6.07, 6.45) is 5.83. The molecule has 2 aromatic rings. The van der Waals surface area contributed by atoms with Crippen molar-refractivity contribution in [1.82, 2.24) is 15.6 Å². The van der Waals surface area contributed by atoms with Gasteiger partial charge in [-0.3, -0.25) is 0 Å². The lowest BCUT2D eigenvalue weighted by molar-refractivity contribution is 0.239. The molecular weight excluding hydrogens is 280 g/mol. The molecule has 0 atom stereocenters. The van der Waals surface area contributed by atoms with E-state index in [9.17, 15) is 4.79 Å². The molecule has 3 rings (SSSR count). The Morgan fingerprint density at radius 1 is 1.23 bits per heavy atom. The fourth-order valence-corrected chi connectivity index (χ4v) is 2.52. The van der Waals surface area contributed by atoms with Gasteiger partial charge in [0.2, 0.25) is 0 Å². The first kappa shape index (κ1) is 14.4. The summed E-state index contributed by atoms with van der Waals surface area (Å²) in [7, 11) is 0. The first-order valence-corrected chi connectivity index (χ1v) is 7.55. The number of pyridine rings is 1. The number of carbonyl (C=O) groups is 1. The molecule has 1 aliphatic heterocycles. The van der Waals surface area contributed by atoms with Crippen molar-refractivity contribution in [2.24, 2.45) is 0 Å². The van der Waals surface area contributed by atoms with E-state index in [1.165, 1.54) is 12.8 Å². The molecule has 0 bridgehead atoms. The fraction of sp³-hybridized carbons (Fsp3) is 0.375. The lowest BCUT2D eigenvalue weighted by Gasteiger charge is -2.17. The van der Waals surface area contributed by atoms with Crippen LogP contribution in [0, 0.1) is 0 Å². The SMILES string of the molecule is O=C(NCc1ccnc(N2CCCC2)c1)NCc1ccco1. The van der Waals surface area contributed by atoms with Gasteiger partial charge in [-0.05, 0) is 42.7 Å². The summed E-state index contributed by atoms with van der Waals surface area (Å²) in [4.78, 5) is 18.4. The number of hydrogen-bond donors (Lipinski definition) is 2. The van der Waals surface area contributed by atoms with Crippen LogP contribution in [-0.4, -0.2) is 24.1 Å². The molecule has 1 saturated heterocycles. The lowest BCUT2D eigenvalue weighted by atomic mass is 10.2. The topological polar surface area (TPSA) is 70.4 Å². The van der Waals surface area contributed by atoms with Gasteiger partial charge in [-0.1, -0.05) is 0 Å². The number of carbonyl (C=O) groups excluding carboxylic acids is 1. The zero-order chi connectivity index (χ0) is 15.2. The van der Waals surface area contributed by atoms with Gasteiger partial charge in [-0.25, -0.2) is 9.78 Å². The second kappa shape index (κ2) is 6.98. The van der Waals surface area contributed by atoms with Crippen LogP contribution in [0.1, 0.15) is 24.2 Å². The number of anilines is 1. The van der Waals surface area contributed by atoms with Crippen molar-refractivity contribution >= 4 is 11.8 Å². The van der Waals surface area contributed by atoms with E-state index in [1.807, 2.05) is 18.2 Å². The van der Waals surface area contributed by atoms with Crippen LogP contribution in [0.2, 0.25) is 0 Å². The van der Waals surface area contributed by atoms with Crippen molar-refractivity contribution in [2.45, 2.75) is 25.9 Å². The van der Waals surface area contributed by atoms with Gasteiger partial charge in [0.15, 0.2) is 0 Å². The third-order valence-electron chi connectivity index (χ3n) is 3.70. The number of hydrogen-bond acceptors (Lipinski definition) is 4. The van der Waals surface area contributed by atoms with E-state index in [1.54, 1.807) is 18.5 Å². The van der Waals surface area contributed by atoms with E-state index in [4.69, 9.17) is 4.42 Å². The predicted molar refractivity (Wildman–Crippen MR) is 83.5 cm³/mol. The van der Waals surface area contributed by atoms with Crippen LogP contribution >= 0.6 is 0 Å². The molecular formula is C16H20N4O2. The molecule has 116 valence electrons. The van der Waals surface area contributed by atoms with Crippen LogP contribution in [0.15, 0.2) is 41.1 Å². The third-order valence-corrected chi connectivity index (χ3v) is 3.70. The highest BCUT2D eigenvalue weighted by molar-refractivity contribution is 5.73. The normalized spacial score (nSPS) is 14.1. The number of rotatable bonds is 5. The Morgan fingerprint density at radius 3 is 2.82 bits per heavy atom. The summed E-state index contributed by atoms with van der Waals surface area (Å²) in [6.45, 7) is 2.99. The number of urea groups is 1. The molecule has 2 N–H and O–H groups in total. The van der Waals surface area contributed by atoms with Gasteiger partial charge in [0.05, 0.1) is 12.8 Å². The maximum Gasteiger partial charge on any atom is 0.315 e. The van der Waals surface area contributed by atoms with Crippen molar-refractivity contribution in [3.63, 3.8) is 0 Å². The van der Waals surface area contributed by atoms with E-state index < -0.39 is 0 Å². The maximum atomic E-state index is 11.8. The number of nitrogens with zero attached hydrogens (tertiary/aromatic N) is 2. The van der Waals surface area contributed by atoms with E-state index in [-0.39, 0.29) is 6.03 Å². The lowest BCUT2D eigenvalue weighted by Crippen LogP contribution is -2.34. The monoisotopic (exact) mass is 300 g/mol. The van der Waals surface area contributed by atoms with Gasteiger partial charge < -0.3 is 20.0 Å². The van der Waals surface area contributed by atoms with Crippen molar-refractivity contribution in [1.29, 1.82) is 0 Å². The van der Waals surface area contributed by atoms with E-state index in [0.717, 1.165) is 30.2 Å². The highest BCUT2D eigenvalue weighted by atomic mass is 16.3. The summed E-state index contributed by atoms with van der Waals surface area (Å²) in [5.74, 6) is 1.73. The quantitative estimate of drug-likeness (QED) is 0.888. The van der Waals surface area contributed by atoms with Crippen LogP contribution in [-0.2, 0) is 13.1 Å². The van der Waals surface area contributed by atoms with Crippen molar-refractivity contribution in [3.8, 4) is 0 Å². The Labute approximate surface area is 129 Å². The van der Waals surface area contributed by atoms with Gasteiger partial charge in [0.1, 0.15) is 11.6 Å². The van der Waals surface area contributed by atoms with E-state index >= 15 is 0 Å². The van der Waals surface area contributed by atoms with Gasteiger partial charge in [0, 0.05) is 25.8 Å². The summed E-state index contributed by atoms with van der Waals surface area (Å²) in [6, 6.07) is 7.37. The smallest absolute Gasteiger partial charge is 0.315 e. The predicted octanol–water partition coefficient (Wildman–Crippen LogP) is 2.27. The second-order valence-corrected chi connectivity index (χ2v) is 5.33. The second-order valence-electron chi connectivity index (χ2n) is 5.33. The first-order valence-electron chi connectivity index (χ1n) is 7.55. The Hall–Kier alpha value is -2.50. The van der Waals surface area contributed by atoms with E-state index in [0.29, 0.717) is 13.1 Å². The number of nitrogens with one attached hydrogen (secondary N) is 2. The average molecular weight is 300 g/mol. The molecule has 6 nitrogen and oxygen atoms in total. The van der Waals surface area contributed by atoms with E-state index in [2.05, 4.69) is 20.5 Å². The molecule has 2 aromatic heterocycles. The molecule has 0 aliphatic carbocycles. The van der Waals surface area contributed by atoms with Crippen LogP contribution in [0.4, 0.5) is 10.6 Å². The van der Waals surface area contributed by atoms with Crippen LogP contribution in [0.3, 0.4) is 0 Å². The van der Waals surface area contributed by atoms with Crippen LogP contribution in [0.25, 0.3) is 0 Å². The first-order chi connectivity index (χ1) is 10.8. The molecule has 0 radical (unpaired) electrons. The molecule has 1 aliphatic rings. The zero-order valence-corrected chi connectivity index (χ0v) is 12.4. The number of furan rings is 1.